The zero-order valence-corrected chi connectivity index (χ0v) is 15.3. The topological polar surface area (TPSA) is 95.1 Å². The molecule has 1 aliphatic rings. The number of ether oxygens (including phenoxy) is 4. The van der Waals surface area contributed by atoms with Crippen LogP contribution >= 0.6 is 0 Å². The molecule has 1 aliphatic heterocycles. The molecule has 0 spiro atoms. The highest BCUT2D eigenvalue weighted by Crippen LogP contribution is 2.42. The van der Waals surface area contributed by atoms with Gasteiger partial charge >= 0.3 is 18.2 Å². The Labute approximate surface area is 158 Å². The van der Waals surface area contributed by atoms with Gasteiger partial charge in [-0.3, -0.25) is 4.79 Å². The van der Waals surface area contributed by atoms with E-state index in [1.807, 2.05) is 0 Å². The van der Waals surface area contributed by atoms with Crippen LogP contribution in [0.5, 0.6) is 17.2 Å². The second kappa shape index (κ2) is 8.28. The van der Waals surface area contributed by atoms with Gasteiger partial charge in [-0.05, 0) is 17.7 Å². The van der Waals surface area contributed by atoms with Gasteiger partial charge in [-0.1, -0.05) is 6.58 Å². The summed E-state index contributed by atoms with van der Waals surface area (Å²) in [6.45, 7) is 1.81. The van der Waals surface area contributed by atoms with Crippen molar-refractivity contribution < 1.29 is 41.7 Å². The lowest BCUT2D eigenvalue weighted by molar-refractivity contribution is -0.189. The summed E-state index contributed by atoms with van der Waals surface area (Å²) in [6, 6.07) is 1.18. The van der Waals surface area contributed by atoms with E-state index in [1.165, 1.54) is 33.5 Å². The lowest BCUT2D eigenvalue weighted by Gasteiger charge is -2.33. The van der Waals surface area contributed by atoms with Crippen molar-refractivity contribution in [2.24, 2.45) is 5.92 Å². The first-order valence-corrected chi connectivity index (χ1v) is 7.90. The zero-order chi connectivity index (χ0) is 21.1. The van der Waals surface area contributed by atoms with Crippen molar-refractivity contribution >= 4 is 12.0 Å². The molecule has 2 rings (SSSR count). The van der Waals surface area contributed by atoms with Crippen LogP contribution in [0.15, 0.2) is 24.4 Å². The molecule has 1 fully saturated rings. The van der Waals surface area contributed by atoms with Gasteiger partial charge in [0.2, 0.25) is 5.75 Å². The average Bonchev–Trinajstić information content (AvgIpc) is 2.63. The lowest BCUT2D eigenvalue weighted by Crippen LogP contribution is -2.51. The van der Waals surface area contributed by atoms with Gasteiger partial charge in [0.25, 0.3) is 0 Å². The fraction of sp³-hybridized carbons (Fsp3) is 0.412. The van der Waals surface area contributed by atoms with Crippen molar-refractivity contribution in [3.8, 4) is 17.2 Å². The van der Waals surface area contributed by atoms with E-state index in [9.17, 15) is 22.8 Å². The van der Waals surface area contributed by atoms with Crippen LogP contribution in [0.4, 0.5) is 18.0 Å². The van der Waals surface area contributed by atoms with Crippen molar-refractivity contribution in [1.82, 2.24) is 10.6 Å². The molecule has 0 saturated carbocycles. The van der Waals surface area contributed by atoms with Crippen molar-refractivity contribution in [1.29, 1.82) is 0 Å². The molecule has 0 aromatic heterocycles. The Balaban J connectivity index is 2.45. The van der Waals surface area contributed by atoms with E-state index in [-0.39, 0.29) is 22.9 Å². The molecular formula is C17H19F3N2O6. The first-order valence-electron chi connectivity index (χ1n) is 7.90. The van der Waals surface area contributed by atoms with E-state index in [0.29, 0.717) is 5.56 Å². The normalized spacial score (nSPS) is 19.4. The first kappa shape index (κ1) is 21.2. The Kier molecular flexibility index (Phi) is 6.26. The van der Waals surface area contributed by atoms with Crippen LogP contribution in [0.1, 0.15) is 11.6 Å². The number of methoxy groups -OCH3 is 3. The summed E-state index contributed by atoms with van der Waals surface area (Å²) < 4.78 is 57.3. The van der Waals surface area contributed by atoms with E-state index < -0.39 is 36.7 Å². The number of nitrogens with one attached hydrogen (secondary N) is 2. The SMILES string of the molecule is C=C1NC(=O)NC(c2cc(OC)c(OC)c(OC)c2)C1C(=O)OCC(F)(F)F. The third-order valence-electron chi connectivity index (χ3n) is 3.95. The van der Waals surface area contributed by atoms with E-state index >= 15 is 0 Å². The molecule has 154 valence electrons. The maximum Gasteiger partial charge on any atom is 0.422 e. The van der Waals surface area contributed by atoms with Crippen LogP contribution in [0.25, 0.3) is 0 Å². The molecule has 11 heteroatoms. The quantitative estimate of drug-likeness (QED) is 0.707. The standard InChI is InChI=1S/C17H19F3N2O6/c1-8-12(15(23)28-7-17(18,19)20)13(22-16(24)21-8)9-5-10(25-2)14(27-4)11(6-9)26-3/h5-6,12-13H,1,7H2,2-4H3,(H2,21,22,24). The average molecular weight is 404 g/mol. The Bertz CT molecular complexity index is 756. The number of halogens is 3. The molecule has 0 radical (unpaired) electrons. The molecule has 2 amide bonds. The Morgan fingerprint density at radius 2 is 1.71 bits per heavy atom. The number of carbonyl (C=O) groups is 2. The first-order chi connectivity index (χ1) is 13.1. The number of esters is 1. The molecule has 28 heavy (non-hydrogen) atoms. The zero-order valence-electron chi connectivity index (χ0n) is 15.3. The van der Waals surface area contributed by atoms with Crippen LogP contribution in [-0.4, -0.2) is 46.1 Å². The van der Waals surface area contributed by atoms with Gasteiger partial charge in [-0.25, -0.2) is 4.79 Å². The van der Waals surface area contributed by atoms with E-state index in [0.717, 1.165) is 0 Å². The summed E-state index contributed by atoms with van der Waals surface area (Å²) in [7, 11) is 4.14. The van der Waals surface area contributed by atoms with Crippen molar-refractivity contribution in [2.45, 2.75) is 12.2 Å². The molecule has 1 aromatic rings. The minimum Gasteiger partial charge on any atom is -0.493 e. The van der Waals surface area contributed by atoms with Crippen LogP contribution in [-0.2, 0) is 9.53 Å². The maximum absolute atomic E-state index is 12.4. The molecule has 2 unspecified atom stereocenters. The molecule has 8 nitrogen and oxygen atoms in total. The summed E-state index contributed by atoms with van der Waals surface area (Å²) in [4.78, 5) is 24.2. The molecule has 0 bridgehead atoms. The smallest absolute Gasteiger partial charge is 0.422 e. The van der Waals surface area contributed by atoms with Crippen LogP contribution in [0.3, 0.4) is 0 Å². The van der Waals surface area contributed by atoms with Gasteiger partial charge in [0.15, 0.2) is 18.1 Å². The summed E-state index contributed by atoms with van der Waals surface area (Å²) in [5, 5.41) is 4.76. The largest absolute Gasteiger partial charge is 0.493 e. The maximum atomic E-state index is 12.4. The molecule has 2 atom stereocenters. The number of urea groups is 1. The summed E-state index contributed by atoms with van der Waals surface area (Å²) >= 11 is 0. The number of amides is 2. The van der Waals surface area contributed by atoms with Gasteiger partial charge in [0.1, 0.15) is 5.92 Å². The van der Waals surface area contributed by atoms with E-state index in [4.69, 9.17) is 14.2 Å². The van der Waals surface area contributed by atoms with Crippen molar-refractivity contribution in [3.05, 3.63) is 30.0 Å². The fourth-order valence-corrected chi connectivity index (χ4v) is 2.76. The molecule has 1 heterocycles. The number of rotatable bonds is 6. The third-order valence-corrected chi connectivity index (χ3v) is 3.95. The Morgan fingerprint density at radius 1 is 1.14 bits per heavy atom. The van der Waals surface area contributed by atoms with Crippen LogP contribution in [0, 0.1) is 5.92 Å². The minimum atomic E-state index is -4.69. The second-order valence-electron chi connectivity index (χ2n) is 5.76. The van der Waals surface area contributed by atoms with Gasteiger partial charge in [-0.15, -0.1) is 0 Å². The number of benzene rings is 1. The molecule has 1 aromatic carbocycles. The number of alkyl halides is 3. The highest BCUT2D eigenvalue weighted by Gasteiger charge is 2.41. The number of hydrogen-bond acceptors (Lipinski definition) is 6. The van der Waals surface area contributed by atoms with Gasteiger partial charge < -0.3 is 29.6 Å². The summed E-state index contributed by atoms with van der Waals surface area (Å²) in [5.41, 5.74) is 0.217. The lowest BCUT2D eigenvalue weighted by atomic mass is 9.88. The molecule has 0 aliphatic carbocycles. The van der Waals surface area contributed by atoms with E-state index in [2.05, 4.69) is 21.9 Å². The van der Waals surface area contributed by atoms with Gasteiger partial charge in [0, 0.05) is 5.70 Å². The molecular weight excluding hydrogens is 385 g/mol. The Hall–Kier alpha value is -3.11. The van der Waals surface area contributed by atoms with Crippen molar-refractivity contribution in [3.63, 3.8) is 0 Å². The number of hydrogen-bond donors (Lipinski definition) is 2. The van der Waals surface area contributed by atoms with E-state index in [1.54, 1.807) is 0 Å². The number of carbonyl (C=O) groups excluding carboxylic acids is 2. The fourth-order valence-electron chi connectivity index (χ4n) is 2.76. The third kappa shape index (κ3) is 4.59. The van der Waals surface area contributed by atoms with Crippen LogP contribution in [0.2, 0.25) is 0 Å². The Morgan fingerprint density at radius 3 is 2.18 bits per heavy atom. The predicted octanol–water partition coefficient (Wildman–Crippen LogP) is 2.30. The highest BCUT2D eigenvalue weighted by molar-refractivity contribution is 5.85. The molecule has 2 N–H and O–H groups in total. The summed E-state index contributed by atoms with van der Waals surface area (Å²) in [6.07, 6.45) is -4.69. The van der Waals surface area contributed by atoms with Gasteiger partial charge in [0.05, 0.1) is 27.4 Å². The summed E-state index contributed by atoms with van der Waals surface area (Å²) in [5.74, 6) is -1.78. The predicted molar refractivity (Wildman–Crippen MR) is 90.2 cm³/mol. The molecule has 1 saturated heterocycles. The second-order valence-corrected chi connectivity index (χ2v) is 5.76. The van der Waals surface area contributed by atoms with Crippen LogP contribution < -0.4 is 24.8 Å². The van der Waals surface area contributed by atoms with Crippen molar-refractivity contribution in [2.75, 3.05) is 27.9 Å². The monoisotopic (exact) mass is 404 g/mol. The highest BCUT2D eigenvalue weighted by atomic mass is 19.4. The minimum absolute atomic E-state index is 0.102. The van der Waals surface area contributed by atoms with Gasteiger partial charge in [-0.2, -0.15) is 13.2 Å².